The molecule has 0 saturated carbocycles. The number of anilines is 3. The summed E-state index contributed by atoms with van der Waals surface area (Å²) in [5.74, 6) is -0.599. The second-order valence-corrected chi connectivity index (χ2v) is 7.21. The van der Waals surface area contributed by atoms with Crippen molar-refractivity contribution in [1.82, 2.24) is 4.72 Å². The predicted molar refractivity (Wildman–Crippen MR) is 98.7 cm³/mol. The minimum Gasteiger partial charge on any atom is -0.438 e. The van der Waals surface area contributed by atoms with Crippen LogP contribution in [0.5, 0.6) is 0 Å². The number of rotatable bonds is 5. The van der Waals surface area contributed by atoms with E-state index in [2.05, 4.69) is 4.72 Å². The van der Waals surface area contributed by atoms with Crippen molar-refractivity contribution in [2.45, 2.75) is 5.09 Å². The second-order valence-electron chi connectivity index (χ2n) is 5.39. The first-order valence-electron chi connectivity index (χ1n) is 7.71. The maximum atomic E-state index is 13.0. The van der Waals surface area contributed by atoms with Gasteiger partial charge in [0.05, 0.1) is 0 Å². The summed E-state index contributed by atoms with van der Waals surface area (Å²) in [6.07, 6.45) is 0. The monoisotopic (exact) mass is 371 g/mol. The quantitative estimate of drug-likeness (QED) is 0.671. The topological polar surface area (TPSA) is 106 Å². The molecule has 0 aliphatic rings. The van der Waals surface area contributed by atoms with Gasteiger partial charge in [-0.15, -0.1) is 0 Å². The van der Waals surface area contributed by atoms with Gasteiger partial charge in [0.1, 0.15) is 0 Å². The summed E-state index contributed by atoms with van der Waals surface area (Å²) >= 11 is 0. The molecule has 3 N–H and O–H groups in total. The van der Waals surface area contributed by atoms with Gasteiger partial charge < -0.3 is 10.2 Å². The Labute approximate surface area is 151 Å². The number of amides is 1. The lowest BCUT2D eigenvalue weighted by Crippen LogP contribution is -2.25. The van der Waals surface area contributed by atoms with Crippen LogP contribution in [0.2, 0.25) is 0 Å². The fourth-order valence-corrected chi connectivity index (χ4v) is 3.02. The summed E-state index contributed by atoms with van der Waals surface area (Å²) in [5, 5.41) is -0.325. The molecule has 0 atom stereocenters. The zero-order valence-corrected chi connectivity index (χ0v) is 14.7. The van der Waals surface area contributed by atoms with Gasteiger partial charge in [0.25, 0.3) is 15.9 Å². The number of nitrogens with zero attached hydrogens (tertiary/aromatic N) is 1. The van der Waals surface area contributed by atoms with Gasteiger partial charge in [-0.1, -0.05) is 18.2 Å². The van der Waals surface area contributed by atoms with Crippen molar-refractivity contribution in [3.63, 3.8) is 0 Å². The predicted octanol–water partition coefficient (Wildman–Crippen LogP) is 2.75. The van der Waals surface area contributed by atoms with Gasteiger partial charge in [-0.2, -0.15) is 0 Å². The van der Waals surface area contributed by atoms with Crippen molar-refractivity contribution in [3.05, 3.63) is 72.5 Å². The Morgan fingerprint density at radius 2 is 1.58 bits per heavy atom. The van der Waals surface area contributed by atoms with Crippen LogP contribution in [0, 0.1) is 0 Å². The van der Waals surface area contributed by atoms with E-state index < -0.39 is 15.9 Å². The molecule has 8 heteroatoms. The third kappa shape index (κ3) is 3.46. The highest BCUT2D eigenvalue weighted by Crippen LogP contribution is 2.29. The zero-order chi connectivity index (χ0) is 18.7. The standard InChI is InChI=1S/C18H17N3O4S/c1-20-26(23,24)17-12-11-16(25-17)18(22)21(14-5-3-2-4-6-14)15-9-7-13(19)8-10-15/h2-12,20H,19H2,1H3. The number of carbonyl (C=O) groups is 1. The summed E-state index contributed by atoms with van der Waals surface area (Å²) in [7, 11) is -2.51. The van der Waals surface area contributed by atoms with Crippen LogP contribution in [0.25, 0.3) is 0 Å². The Morgan fingerprint density at radius 3 is 2.19 bits per heavy atom. The molecule has 0 aliphatic heterocycles. The molecule has 3 aromatic rings. The van der Waals surface area contributed by atoms with Crippen LogP contribution in [0.1, 0.15) is 10.6 Å². The first kappa shape index (κ1) is 17.7. The van der Waals surface area contributed by atoms with Crippen LogP contribution in [0.4, 0.5) is 17.1 Å². The van der Waals surface area contributed by atoms with Crippen molar-refractivity contribution < 1.29 is 17.6 Å². The molecule has 0 radical (unpaired) electrons. The smallest absolute Gasteiger partial charge is 0.298 e. The van der Waals surface area contributed by atoms with Crippen molar-refractivity contribution in [1.29, 1.82) is 0 Å². The molecule has 1 heterocycles. The number of furan rings is 1. The first-order valence-corrected chi connectivity index (χ1v) is 9.19. The van der Waals surface area contributed by atoms with Gasteiger partial charge in [0.15, 0.2) is 5.76 Å². The third-order valence-electron chi connectivity index (χ3n) is 3.69. The molecule has 7 nitrogen and oxygen atoms in total. The van der Waals surface area contributed by atoms with E-state index in [0.29, 0.717) is 17.1 Å². The first-order chi connectivity index (χ1) is 12.4. The fourth-order valence-electron chi connectivity index (χ4n) is 2.37. The van der Waals surface area contributed by atoms with Crippen LogP contribution in [-0.2, 0) is 10.0 Å². The number of hydrogen-bond donors (Lipinski definition) is 2. The van der Waals surface area contributed by atoms with E-state index in [1.165, 1.54) is 24.1 Å². The van der Waals surface area contributed by atoms with Crippen molar-refractivity contribution in [3.8, 4) is 0 Å². The van der Waals surface area contributed by atoms with Gasteiger partial charge in [-0.05, 0) is 55.6 Å². The van der Waals surface area contributed by atoms with E-state index in [-0.39, 0.29) is 10.9 Å². The van der Waals surface area contributed by atoms with Crippen molar-refractivity contribution in [2.75, 3.05) is 17.7 Å². The van der Waals surface area contributed by atoms with Gasteiger partial charge >= 0.3 is 0 Å². The average molecular weight is 371 g/mol. The van der Waals surface area contributed by atoms with Crippen LogP contribution >= 0.6 is 0 Å². The number of carbonyl (C=O) groups excluding carboxylic acids is 1. The molecule has 3 rings (SSSR count). The summed E-state index contributed by atoms with van der Waals surface area (Å²) in [5.41, 5.74) is 7.47. The summed E-state index contributed by atoms with van der Waals surface area (Å²) in [6, 6.07) is 18.3. The molecular weight excluding hydrogens is 354 g/mol. The number of nitrogens with two attached hydrogens (primary N) is 1. The number of benzene rings is 2. The molecule has 1 amide bonds. The number of para-hydroxylation sites is 1. The Bertz CT molecular complexity index is 1010. The van der Waals surface area contributed by atoms with Crippen molar-refractivity contribution >= 4 is 33.0 Å². The van der Waals surface area contributed by atoms with E-state index >= 15 is 0 Å². The molecule has 0 spiro atoms. The van der Waals surface area contributed by atoms with E-state index in [1.807, 2.05) is 6.07 Å². The largest absolute Gasteiger partial charge is 0.438 e. The molecule has 0 fully saturated rings. The Hall–Kier alpha value is -3.10. The van der Waals surface area contributed by atoms with Gasteiger partial charge in [-0.3, -0.25) is 9.69 Å². The Balaban J connectivity index is 2.05. The number of hydrogen-bond acceptors (Lipinski definition) is 5. The summed E-state index contributed by atoms with van der Waals surface area (Å²) < 4.78 is 31.1. The third-order valence-corrected chi connectivity index (χ3v) is 4.98. The highest BCUT2D eigenvalue weighted by molar-refractivity contribution is 7.89. The molecule has 134 valence electrons. The number of nitrogens with one attached hydrogen (secondary N) is 1. The highest BCUT2D eigenvalue weighted by atomic mass is 32.2. The molecule has 2 aromatic carbocycles. The summed E-state index contributed by atoms with van der Waals surface area (Å²) in [4.78, 5) is 14.5. The SMILES string of the molecule is CNS(=O)(=O)c1ccc(C(=O)N(c2ccccc2)c2ccc(N)cc2)o1. The van der Waals surface area contributed by atoms with Crippen LogP contribution in [-0.4, -0.2) is 21.4 Å². The minimum absolute atomic E-state index is 0.0977. The van der Waals surface area contributed by atoms with E-state index in [0.717, 1.165) is 0 Å². The van der Waals surface area contributed by atoms with E-state index in [4.69, 9.17) is 10.2 Å². The van der Waals surface area contributed by atoms with Gasteiger partial charge in [0, 0.05) is 17.1 Å². The molecule has 0 bridgehead atoms. The Morgan fingerprint density at radius 1 is 0.962 bits per heavy atom. The maximum absolute atomic E-state index is 13.0. The molecule has 1 aromatic heterocycles. The zero-order valence-electron chi connectivity index (χ0n) is 13.9. The number of sulfonamides is 1. The van der Waals surface area contributed by atoms with E-state index in [9.17, 15) is 13.2 Å². The van der Waals surface area contributed by atoms with Crippen LogP contribution in [0.15, 0.2) is 76.2 Å². The lowest BCUT2D eigenvalue weighted by atomic mass is 10.2. The average Bonchev–Trinajstić information content (AvgIpc) is 3.15. The molecule has 0 unspecified atom stereocenters. The van der Waals surface area contributed by atoms with Crippen LogP contribution in [0.3, 0.4) is 0 Å². The lowest BCUT2D eigenvalue weighted by molar-refractivity contribution is 0.0967. The molecular formula is C18H17N3O4S. The maximum Gasteiger partial charge on any atom is 0.298 e. The minimum atomic E-state index is -3.78. The molecule has 0 aliphatic carbocycles. The molecule has 26 heavy (non-hydrogen) atoms. The molecule has 0 saturated heterocycles. The lowest BCUT2D eigenvalue weighted by Gasteiger charge is -2.22. The number of nitrogen functional groups attached to an aromatic ring is 1. The second kappa shape index (κ2) is 7.03. The van der Waals surface area contributed by atoms with Gasteiger partial charge in [0.2, 0.25) is 5.09 Å². The van der Waals surface area contributed by atoms with Gasteiger partial charge in [-0.25, -0.2) is 13.1 Å². The summed E-state index contributed by atoms with van der Waals surface area (Å²) in [6.45, 7) is 0. The Kier molecular flexibility index (Phi) is 4.79. The van der Waals surface area contributed by atoms with Crippen LogP contribution < -0.4 is 15.4 Å². The highest BCUT2D eigenvalue weighted by Gasteiger charge is 2.25. The fraction of sp³-hybridized carbons (Fsp3) is 0.0556. The van der Waals surface area contributed by atoms with E-state index in [1.54, 1.807) is 48.5 Å². The normalized spacial score (nSPS) is 11.3. The van der Waals surface area contributed by atoms with Crippen molar-refractivity contribution in [2.24, 2.45) is 0 Å².